The molecule has 1 aromatic heterocycles. The van der Waals surface area contributed by atoms with E-state index in [-0.39, 0.29) is 6.04 Å². The maximum absolute atomic E-state index is 6.13. The van der Waals surface area contributed by atoms with Gasteiger partial charge in [-0.15, -0.1) is 0 Å². The van der Waals surface area contributed by atoms with Gasteiger partial charge in [0.2, 0.25) is 0 Å². The van der Waals surface area contributed by atoms with E-state index in [9.17, 15) is 0 Å². The van der Waals surface area contributed by atoms with Gasteiger partial charge in [-0.25, -0.2) is 0 Å². The van der Waals surface area contributed by atoms with Crippen LogP contribution in [0.3, 0.4) is 0 Å². The molecule has 2 heterocycles. The van der Waals surface area contributed by atoms with Crippen molar-refractivity contribution in [2.75, 3.05) is 0 Å². The van der Waals surface area contributed by atoms with Crippen molar-refractivity contribution in [3.05, 3.63) is 35.3 Å². The van der Waals surface area contributed by atoms with Crippen LogP contribution in [0.5, 0.6) is 0 Å². The Kier molecular flexibility index (Phi) is 3.57. The second-order valence-corrected chi connectivity index (χ2v) is 5.04. The van der Waals surface area contributed by atoms with Crippen LogP contribution in [0.25, 0.3) is 0 Å². The second kappa shape index (κ2) is 4.96. The fourth-order valence-electron chi connectivity index (χ4n) is 1.95. The average molecular weight is 252 g/mol. The number of hydrogen-bond acceptors (Lipinski definition) is 1. The van der Waals surface area contributed by atoms with Crippen LogP contribution in [0, 0.1) is 0 Å². The Morgan fingerprint density at radius 1 is 1.53 bits per heavy atom. The minimum Gasteiger partial charge on any atom is -0.342 e. The quantitative estimate of drug-likeness (QED) is 0.763. The monoisotopic (exact) mass is 251 g/mol. The molecular weight excluding hydrogens is 234 g/mol. The molecule has 1 N–H and O–H groups in total. The summed E-state index contributed by atoms with van der Waals surface area (Å²) in [4.78, 5) is 4.60. The smallest absolute Gasteiger partial charge is 0.150 e. The fraction of sp³-hybridized carbons (Fsp3) is 0.462. The van der Waals surface area contributed by atoms with E-state index in [1.54, 1.807) is 0 Å². The summed E-state index contributed by atoms with van der Waals surface area (Å²) < 4.78 is 2.23. The van der Waals surface area contributed by atoms with Crippen LogP contribution in [0.2, 0.25) is 0 Å². The van der Waals surface area contributed by atoms with Gasteiger partial charge < -0.3 is 9.88 Å². The van der Waals surface area contributed by atoms with Gasteiger partial charge in [0.1, 0.15) is 5.16 Å². The summed E-state index contributed by atoms with van der Waals surface area (Å²) in [7, 11) is 0. The van der Waals surface area contributed by atoms with E-state index >= 15 is 0 Å². The number of amidine groups is 1. The largest absolute Gasteiger partial charge is 0.342 e. The third-order valence-electron chi connectivity index (χ3n) is 2.76. The summed E-state index contributed by atoms with van der Waals surface area (Å²) in [6.45, 7) is 6.30. The van der Waals surface area contributed by atoms with Crippen LogP contribution in [-0.2, 0) is 0 Å². The van der Waals surface area contributed by atoms with Gasteiger partial charge in [0.15, 0.2) is 5.84 Å². The lowest BCUT2D eigenvalue weighted by Gasteiger charge is -2.21. The van der Waals surface area contributed by atoms with E-state index in [0.717, 1.165) is 18.0 Å². The summed E-state index contributed by atoms with van der Waals surface area (Å²) in [6, 6.07) is 4.75. The van der Waals surface area contributed by atoms with Gasteiger partial charge in [-0.05, 0) is 45.4 Å². The predicted octanol–water partition coefficient (Wildman–Crippen LogP) is 3.28. The molecular formula is C13H18ClN3. The molecule has 0 aromatic carbocycles. The molecule has 1 unspecified atom stereocenters. The lowest BCUT2D eigenvalue weighted by atomic mass is 10.2. The summed E-state index contributed by atoms with van der Waals surface area (Å²) >= 11 is 6.13. The number of fused-ring (bicyclic) bond motifs is 1. The molecule has 0 saturated heterocycles. The van der Waals surface area contributed by atoms with Crippen molar-refractivity contribution >= 4 is 17.4 Å². The zero-order chi connectivity index (χ0) is 12.4. The standard InChI is InChI=1S/C13H18ClN3/c1-9(2)15-13-11-5-4-8-17(11)10(3)6-7-12(14)16-13/h4-5,7-10H,6H2,1-3H3,(H,15,16). The van der Waals surface area contributed by atoms with Crippen LogP contribution in [-0.4, -0.2) is 16.4 Å². The highest BCUT2D eigenvalue weighted by Crippen LogP contribution is 2.20. The molecule has 1 aliphatic heterocycles. The number of halogens is 1. The van der Waals surface area contributed by atoms with Gasteiger partial charge in [0, 0.05) is 18.3 Å². The molecule has 1 aromatic rings. The molecule has 92 valence electrons. The van der Waals surface area contributed by atoms with Crippen LogP contribution in [0.1, 0.15) is 38.9 Å². The maximum Gasteiger partial charge on any atom is 0.150 e. The Morgan fingerprint density at radius 3 is 3.00 bits per heavy atom. The normalized spacial score (nSPS) is 22.8. The van der Waals surface area contributed by atoms with E-state index in [1.807, 2.05) is 12.1 Å². The van der Waals surface area contributed by atoms with E-state index in [2.05, 4.69) is 47.9 Å². The summed E-state index contributed by atoms with van der Waals surface area (Å²) in [5, 5.41) is 3.82. The maximum atomic E-state index is 6.13. The van der Waals surface area contributed by atoms with E-state index in [1.165, 1.54) is 0 Å². The Labute approximate surface area is 107 Å². The highest BCUT2D eigenvalue weighted by Gasteiger charge is 2.16. The average Bonchev–Trinajstić information content (AvgIpc) is 2.71. The number of nitrogens with one attached hydrogen (secondary N) is 1. The van der Waals surface area contributed by atoms with Crippen molar-refractivity contribution < 1.29 is 0 Å². The first-order valence-electron chi connectivity index (χ1n) is 5.95. The number of aliphatic imine (C=N–C) groups is 1. The van der Waals surface area contributed by atoms with E-state index in [4.69, 9.17) is 11.6 Å². The number of allylic oxidation sites excluding steroid dienone is 1. The van der Waals surface area contributed by atoms with Gasteiger partial charge in [0.25, 0.3) is 0 Å². The fourth-order valence-corrected chi connectivity index (χ4v) is 2.13. The number of rotatable bonds is 1. The number of aromatic nitrogens is 1. The third-order valence-corrected chi connectivity index (χ3v) is 3.01. The van der Waals surface area contributed by atoms with E-state index < -0.39 is 0 Å². The van der Waals surface area contributed by atoms with E-state index in [0.29, 0.717) is 11.2 Å². The van der Waals surface area contributed by atoms with Crippen LogP contribution < -0.4 is 5.32 Å². The Bertz CT molecular complexity index is 457. The lowest BCUT2D eigenvalue weighted by molar-refractivity contribution is 0.548. The highest BCUT2D eigenvalue weighted by atomic mass is 35.5. The molecule has 0 amide bonds. The zero-order valence-corrected chi connectivity index (χ0v) is 11.2. The molecule has 0 radical (unpaired) electrons. The Morgan fingerprint density at radius 2 is 2.29 bits per heavy atom. The molecule has 0 saturated carbocycles. The third kappa shape index (κ3) is 2.72. The zero-order valence-electron chi connectivity index (χ0n) is 10.4. The molecule has 17 heavy (non-hydrogen) atoms. The number of nitrogens with zero attached hydrogens (tertiary/aromatic N) is 2. The summed E-state index contributed by atoms with van der Waals surface area (Å²) in [5.74, 6) is 0.845. The van der Waals surface area contributed by atoms with Crippen molar-refractivity contribution in [2.24, 2.45) is 4.99 Å². The second-order valence-electron chi connectivity index (χ2n) is 4.63. The Balaban J connectivity index is 2.47. The van der Waals surface area contributed by atoms with Crippen molar-refractivity contribution in [3.63, 3.8) is 0 Å². The predicted molar refractivity (Wildman–Crippen MR) is 72.5 cm³/mol. The molecule has 3 nitrogen and oxygen atoms in total. The first-order valence-corrected chi connectivity index (χ1v) is 6.33. The van der Waals surface area contributed by atoms with Gasteiger partial charge in [-0.2, -0.15) is 0 Å². The molecule has 0 aliphatic carbocycles. The topological polar surface area (TPSA) is 29.3 Å². The molecule has 1 aliphatic rings. The first-order chi connectivity index (χ1) is 8.08. The van der Waals surface area contributed by atoms with Crippen LogP contribution in [0.4, 0.5) is 0 Å². The van der Waals surface area contributed by atoms with Crippen molar-refractivity contribution in [1.29, 1.82) is 0 Å². The van der Waals surface area contributed by atoms with Crippen molar-refractivity contribution in [2.45, 2.75) is 39.3 Å². The molecule has 0 fully saturated rings. The highest BCUT2D eigenvalue weighted by molar-refractivity contribution is 6.30. The van der Waals surface area contributed by atoms with Gasteiger partial charge in [0.05, 0.1) is 5.69 Å². The molecule has 1 atom stereocenters. The van der Waals surface area contributed by atoms with Gasteiger partial charge in [-0.3, -0.25) is 4.99 Å². The van der Waals surface area contributed by atoms with Crippen molar-refractivity contribution in [3.8, 4) is 0 Å². The summed E-state index contributed by atoms with van der Waals surface area (Å²) in [6.07, 6.45) is 5.01. The van der Waals surface area contributed by atoms with Gasteiger partial charge in [-0.1, -0.05) is 11.6 Å². The Hall–Kier alpha value is -1.22. The lowest BCUT2D eigenvalue weighted by Crippen LogP contribution is -2.28. The minimum absolute atomic E-state index is 0.236. The minimum atomic E-state index is 0.236. The molecule has 4 heteroatoms. The van der Waals surface area contributed by atoms with Crippen LogP contribution >= 0.6 is 11.6 Å². The molecule has 0 spiro atoms. The SMILES string of the molecule is CC(C)N=C1NC(Cl)=CCC(C)n2cccc21. The number of hydrogen-bond donors (Lipinski definition) is 1. The first kappa shape index (κ1) is 12.2. The molecule has 0 bridgehead atoms. The molecule has 2 rings (SSSR count). The van der Waals surface area contributed by atoms with Crippen LogP contribution in [0.15, 0.2) is 34.6 Å². The van der Waals surface area contributed by atoms with Gasteiger partial charge >= 0.3 is 0 Å². The summed E-state index contributed by atoms with van der Waals surface area (Å²) in [5.41, 5.74) is 1.09. The van der Waals surface area contributed by atoms with Crippen molar-refractivity contribution in [1.82, 2.24) is 9.88 Å².